The predicted molar refractivity (Wildman–Crippen MR) is 107 cm³/mol. The lowest BCUT2D eigenvalue weighted by Gasteiger charge is -2.31. The van der Waals surface area contributed by atoms with E-state index in [-0.39, 0.29) is 0 Å². The van der Waals surface area contributed by atoms with Gasteiger partial charge in [0.1, 0.15) is 0 Å². The first kappa shape index (κ1) is 19.8. The summed E-state index contributed by atoms with van der Waals surface area (Å²) < 4.78 is 9.86. The maximum atomic E-state index is 6.29. The van der Waals surface area contributed by atoms with Gasteiger partial charge in [-0.25, -0.2) is 0 Å². The molecule has 2 atom stereocenters. The first-order valence-electron chi connectivity index (χ1n) is 9.69. The van der Waals surface area contributed by atoms with E-state index in [2.05, 4.69) is 55.2 Å². The number of unbranched alkanes of at least 4 members (excludes halogenated alkanes) is 1. The molecule has 0 spiro atoms. The zero-order valence-electron chi connectivity index (χ0n) is 15.7. The van der Waals surface area contributed by atoms with Crippen molar-refractivity contribution < 1.29 is 4.74 Å². The molecular weight excluding hydrogens is 314 g/mol. The molecule has 3 heteroatoms. The minimum Gasteiger partial charge on any atom is -0.378 e. The third-order valence-electron chi connectivity index (χ3n) is 5.36. The average Bonchev–Trinajstić information content (AvgIpc) is 2.64. The lowest BCUT2D eigenvalue weighted by Crippen LogP contribution is -2.34. The number of hydrogen-bond acceptors (Lipinski definition) is 3. The highest BCUT2D eigenvalue weighted by Crippen LogP contribution is 2.34. The van der Waals surface area contributed by atoms with Crippen LogP contribution in [0.3, 0.4) is 0 Å². The summed E-state index contributed by atoms with van der Waals surface area (Å²) in [6.45, 7) is 5.49. The van der Waals surface area contributed by atoms with Crippen LogP contribution in [0.2, 0.25) is 0 Å². The summed E-state index contributed by atoms with van der Waals surface area (Å²) in [6.07, 6.45) is 11.4. The van der Waals surface area contributed by atoms with Gasteiger partial charge in [-0.2, -0.15) is 0 Å². The lowest BCUT2D eigenvalue weighted by atomic mass is 9.83. The monoisotopic (exact) mass is 349 g/mol. The Kier molecular flexibility index (Phi) is 9.22. The molecule has 0 aliphatic heterocycles. The second kappa shape index (κ2) is 11.2. The number of ether oxygens (including phenoxy) is 1. The fourth-order valence-electron chi connectivity index (χ4n) is 3.73. The molecule has 136 valence electrons. The van der Waals surface area contributed by atoms with E-state index in [0.29, 0.717) is 18.1 Å². The molecule has 2 nitrogen and oxygen atoms in total. The van der Waals surface area contributed by atoms with E-state index in [1.807, 2.05) is 0 Å². The maximum absolute atomic E-state index is 6.29. The van der Waals surface area contributed by atoms with Crippen LogP contribution in [0.15, 0.2) is 30.3 Å². The molecule has 1 aliphatic carbocycles. The van der Waals surface area contributed by atoms with Crippen molar-refractivity contribution in [3.05, 3.63) is 35.9 Å². The number of rotatable bonds is 10. The molecule has 0 radical (unpaired) electrons. The van der Waals surface area contributed by atoms with Gasteiger partial charge in [0, 0.05) is 6.04 Å². The Balaban J connectivity index is 1.71. The summed E-state index contributed by atoms with van der Waals surface area (Å²) in [5.41, 5.74) is 1.51. The van der Waals surface area contributed by atoms with Gasteiger partial charge in [-0.1, -0.05) is 69.0 Å². The second-order valence-electron chi connectivity index (χ2n) is 7.27. The fourth-order valence-corrected chi connectivity index (χ4v) is 4.38. The van der Waals surface area contributed by atoms with Crippen LogP contribution in [-0.4, -0.2) is 25.0 Å². The Morgan fingerprint density at radius 2 is 1.88 bits per heavy atom. The van der Waals surface area contributed by atoms with Crippen molar-refractivity contribution in [3.8, 4) is 0 Å². The van der Waals surface area contributed by atoms with Crippen LogP contribution in [0, 0.1) is 5.92 Å². The standard InChI is InChI=1S/C21H35NOS/c1-4-5-11-21(22-24-3)17(2)16-23-20-14-12-19(13-15-20)18-9-7-6-8-10-18/h6-10,17,19-22H,4-5,11-16H2,1-3H3. The van der Waals surface area contributed by atoms with Crippen LogP contribution in [-0.2, 0) is 4.74 Å². The van der Waals surface area contributed by atoms with Crippen molar-refractivity contribution in [2.75, 3.05) is 12.9 Å². The zero-order valence-corrected chi connectivity index (χ0v) is 16.5. The summed E-state index contributed by atoms with van der Waals surface area (Å²) in [4.78, 5) is 0. The Bertz CT molecular complexity index is 431. The minimum absolute atomic E-state index is 0.466. The van der Waals surface area contributed by atoms with E-state index in [1.54, 1.807) is 11.9 Å². The summed E-state index contributed by atoms with van der Waals surface area (Å²) in [6, 6.07) is 11.6. The van der Waals surface area contributed by atoms with Crippen LogP contribution in [0.1, 0.15) is 70.3 Å². The van der Waals surface area contributed by atoms with Crippen LogP contribution in [0.4, 0.5) is 0 Å². The highest BCUT2D eigenvalue weighted by atomic mass is 32.2. The first-order chi connectivity index (χ1) is 11.7. The van der Waals surface area contributed by atoms with Crippen LogP contribution >= 0.6 is 11.9 Å². The largest absolute Gasteiger partial charge is 0.378 e. The van der Waals surface area contributed by atoms with Gasteiger partial charge in [0.25, 0.3) is 0 Å². The van der Waals surface area contributed by atoms with Crippen LogP contribution < -0.4 is 4.72 Å². The topological polar surface area (TPSA) is 21.3 Å². The van der Waals surface area contributed by atoms with E-state index >= 15 is 0 Å². The molecule has 2 rings (SSSR count). The van der Waals surface area contributed by atoms with E-state index in [0.717, 1.165) is 12.5 Å². The van der Waals surface area contributed by atoms with Gasteiger partial charge in [0.2, 0.25) is 0 Å². The molecule has 1 N–H and O–H groups in total. The molecule has 0 saturated heterocycles. The summed E-state index contributed by atoms with van der Waals surface area (Å²) in [5, 5.41) is 0. The Hall–Kier alpha value is -0.510. The van der Waals surface area contributed by atoms with Gasteiger partial charge in [0.15, 0.2) is 0 Å². The van der Waals surface area contributed by atoms with Gasteiger partial charge < -0.3 is 4.74 Å². The molecule has 0 aromatic heterocycles. The average molecular weight is 350 g/mol. The molecule has 0 heterocycles. The van der Waals surface area contributed by atoms with Crippen molar-refractivity contribution in [1.29, 1.82) is 0 Å². The zero-order chi connectivity index (χ0) is 17.2. The first-order valence-corrected chi connectivity index (χ1v) is 10.9. The van der Waals surface area contributed by atoms with Crippen LogP contribution in [0.25, 0.3) is 0 Å². The summed E-state index contributed by atoms with van der Waals surface area (Å²) in [7, 11) is 0. The third kappa shape index (κ3) is 6.42. The van der Waals surface area contributed by atoms with Crippen molar-refractivity contribution in [3.63, 3.8) is 0 Å². The van der Waals surface area contributed by atoms with Gasteiger partial charge in [-0.3, -0.25) is 4.72 Å². The SMILES string of the molecule is CCCCC(NSC)C(C)COC1CCC(c2ccccc2)CC1. The normalized spacial score (nSPS) is 23.8. The molecule has 0 bridgehead atoms. The second-order valence-corrected chi connectivity index (χ2v) is 7.91. The van der Waals surface area contributed by atoms with Gasteiger partial charge in [0.05, 0.1) is 12.7 Å². The summed E-state index contributed by atoms with van der Waals surface area (Å²) in [5.74, 6) is 1.31. The minimum atomic E-state index is 0.466. The van der Waals surface area contributed by atoms with Gasteiger partial charge in [-0.15, -0.1) is 0 Å². The maximum Gasteiger partial charge on any atom is 0.0575 e. The molecule has 1 fully saturated rings. The molecule has 2 unspecified atom stereocenters. The quantitative estimate of drug-likeness (QED) is 0.540. The number of hydrogen-bond donors (Lipinski definition) is 1. The molecule has 24 heavy (non-hydrogen) atoms. The predicted octanol–water partition coefficient (Wildman–Crippen LogP) is 5.79. The van der Waals surface area contributed by atoms with E-state index in [9.17, 15) is 0 Å². The molecule has 1 aromatic rings. The molecule has 1 aromatic carbocycles. The molecule has 0 amide bonds. The molecular formula is C21H35NOS. The lowest BCUT2D eigenvalue weighted by molar-refractivity contribution is 0.00219. The van der Waals surface area contributed by atoms with Gasteiger partial charge >= 0.3 is 0 Å². The Morgan fingerprint density at radius 3 is 2.50 bits per heavy atom. The van der Waals surface area contributed by atoms with E-state index < -0.39 is 0 Å². The Labute approximate surface area is 153 Å². The number of nitrogens with one attached hydrogen (secondary N) is 1. The van der Waals surface area contributed by atoms with Crippen molar-refractivity contribution >= 4 is 11.9 Å². The fraction of sp³-hybridized carbons (Fsp3) is 0.714. The Morgan fingerprint density at radius 1 is 1.17 bits per heavy atom. The highest BCUT2D eigenvalue weighted by molar-refractivity contribution is 7.96. The van der Waals surface area contributed by atoms with Gasteiger partial charge in [-0.05, 0) is 55.8 Å². The van der Waals surface area contributed by atoms with Crippen molar-refractivity contribution in [1.82, 2.24) is 4.72 Å². The highest BCUT2D eigenvalue weighted by Gasteiger charge is 2.24. The van der Waals surface area contributed by atoms with E-state index in [1.165, 1.54) is 50.5 Å². The molecule has 1 saturated carbocycles. The third-order valence-corrected chi connectivity index (χ3v) is 5.90. The smallest absolute Gasteiger partial charge is 0.0575 e. The molecule has 1 aliphatic rings. The van der Waals surface area contributed by atoms with E-state index in [4.69, 9.17) is 4.74 Å². The number of benzene rings is 1. The van der Waals surface area contributed by atoms with Crippen molar-refractivity contribution in [2.45, 2.75) is 76.9 Å². The summed E-state index contributed by atoms with van der Waals surface area (Å²) >= 11 is 1.74. The van der Waals surface area contributed by atoms with Crippen molar-refractivity contribution in [2.24, 2.45) is 5.92 Å². The van der Waals surface area contributed by atoms with Crippen LogP contribution in [0.5, 0.6) is 0 Å².